The fraction of sp³-hybridized carbons (Fsp3) is 0.529. The van der Waals surface area contributed by atoms with Crippen molar-refractivity contribution in [3.63, 3.8) is 0 Å². The van der Waals surface area contributed by atoms with Gasteiger partial charge in [0.05, 0.1) is 25.7 Å². The number of ether oxygens (including phenoxy) is 2. The van der Waals surface area contributed by atoms with Crippen LogP contribution in [-0.4, -0.2) is 53.8 Å². The number of benzene rings is 1. The van der Waals surface area contributed by atoms with Gasteiger partial charge in [-0.1, -0.05) is 25.1 Å². The molecule has 0 radical (unpaired) electrons. The molecule has 0 spiro atoms. The lowest BCUT2D eigenvalue weighted by Gasteiger charge is -2.36. The number of carbonyl (C=O) groups is 2. The number of para-hydroxylation sites is 1. The third-order valence-corrected chi connectivity index (χ3v) is 3.93. The van der Waals surface area contributed by atoms with Gasteiger partial charge in [-0.25, -0.2) is 0 Å². The largest absolute Gasteiger partial charge is 0.481 e. The van der Waals surface area contributed by atoms with Crippen molar-refractivity contribution < 1.29 is 24.2 Å². The van der Waals surface area contributed by atoms with Gasteiger partial charge in [-0.2, -0.15) is 0 Å². The van der Waals surface area contributed by atoms with Crippen LogP contribution in [0.1, 0.15) is 25.3 Å². The highest BCUT2D eigenvalue weighted by atomic mass is 16.5. The van der Waals surface area contributed by atoms with Crippen LogP contribution in [0.5, 0.6) is 5.75 Å². The highest BCUT2D eigenvalue weighted by Crippen LogP contribution is 2.21. The summed E-state index contributed by atoms with van der Waals surface area (Å²) in [5, 5.41) is 9.01. The average molecular weight is 321 g/mol. The second-order valence-corrected chi connectivity index (χ2v) is 5.64. The average Bonchev–Trinajstić information content (AvgIpc) is 2.53. The molecule has 2 unspecified atom stereocenters. The summed E-state index contributed by atoms with van der Waals surface area (Å²) in [5.41, 5.74) is 0.961. The fourth-order valence-corrected chi connectivity index (χ4v) is 2.65. The Balaban J connectivity index is 2.11. The molecule has 1 aromatic rings. The first-order valence-corrected chi connectivity index (χ1v) is 7.85. The number of aliphatic carboxylic acids is 1. The molecular weight excluding hydrogens is 298 g/mol. The molecule has 1 aliphatic rings. The van der Waals surface area contributed by atoms with Gasteiger partial charge >= 0.3 is 5.97 Å². The van der Waals surface area contributed by atoms with E-state index in [1.807, 2.05) is 38.1 Å². The van der Waals surface area contributed by atoms with Gasteiger partial charge in [0.2, 0.25) is 0 Å². The van der Waals surface area contributed by atoms with E-state index in [2.05, 4.69) is 0 Å². The first kappa shape index (κ1) is 17.3. The van der Waals surface area contributed by atoms with Crippen molar-refractivity contribution >= 4 is 11.9 Å². The molecule has 2 rings (SSSR count). The van der Waals surface area contributed by atoms with E-state index in [9.17, 15) is 9.59 Å². The van der Waals surface area contributed by atoms with E-state index in [-0.39, 0.29) is 18.9 Å². The number of hydrogen-bond acceptors (Lipinski definition) is 4. The van der Waals surface area contributed by atoms with Gasteiger partial charge in [-0.05, 0) is 25.0 Å². The Labute approximate surface area is 136 Å². The molecule has 0 saturated carbocycles. The molecule has 1 aliphatic heterocycles. The number of hydrogen-bond donors (Lipinski definition) is 1. The summed E-state index contributed by atoms with van der Waals surface area (Å²) in [6, 6.07) is 7.09. The molecule has 1 fully saturated rings. The van der Waals surface area contributed by atoms with Crippen LogP contribution in [0, 0.1) is 6.92 Å². The number of carboxylic acids is 1. The van der Waals surface area contributed by atoms with Gasteiger partial charge in [0.1, 0.15) is 5.75 Å². The highest BCUT2D eigenvalue weighted by molar-refractivity contribution is 5.82. The lowest BCUT2D eigenvalue weighted by molar-refractivity contribution is -0.151. The van der Waals surface area contributed by atoms with Gasteiger partial charge in [-0.3, -0.25) is 9.59 Å². The van der Waals surface area contributed by atoms with Crippen LogP contribution in [0.4, 0.5) is 0 Å². The van der Waals surface area contributed by atoms with Crippen LogP contribution < -0.4 is 4.74 Å². The number of carbonyl (C=O) groups excluding carboxylic acids is 1. The summed E-state index contributed by atoms with van der Waals surface area (Å²) in [4.78, 5) is 25.4. The van der Waals surface area contributed by atoms with Crippen molar-refractivity contribution in [3.05, 3.63) is 29.8 Å². The summed E-state index contributed by atoms with van der Waals surface area (Å²) in [6.45, 7) is 4.87. The maximum atomic E-state index is 12.8. The zero-order chi connectivity index (χ0) is 16.8. The van der Waals surface area contributed by atoms with Crippen molar-refractivity contribution in [2.75, 3.05) is 19.8 Å². The molecule has 1 aromatic carbocycles. The topological polar surface area (TPSA) is 76.1 Å². The van der Waals surface area contributed by atoms with E-state index in [0.717, 1.165) is 5.56 Å². The molecule has 126 valence electrons. The molecular formula is C17H23NO5. The number of morpholine rings is 1. The zero-order valence-corrected chi connectivity index (χ0v) is 13.5. The quantitative estimate of drug-likeness (QED) is 0.865. The van der Waals surface area contributed by atoms with E-state index in [0.29, 0.717) is 25.3 Å². The van der Waals surface area contributed by atoms with Crippen molar-refractivity contribution in [2.45, 2.75) is 38.8 Å². The predicted molar refractivity (Wildman–Crippen MR) is 84.5 cm³/mol. The maximum Gasteiger partial charge on any atom is 0.305 e. The van der Waals surface area contributed by atoms with Crippen molar-refractivity contribution in [1.82, 2.24) is 4.90 Å². The fourth-order valence-electron chi connectivity index (χ4n) is 2.65. The number of rotatable bonds is 6. The molecule has 1 heterocycles. The Morgan fingerprint density at radius 2 is 2.17 bits per heavy atom. The third kappa shape index (κ3) is 4.45. The van der Waals surface area contributed by atoms with Crippen molar-refractivity contribution in [2.24, 2.45) is 0 Å². The molecule has 23 heavy (non-hydrogen) atoms. The standard InChI is InChI=1S/C17H23NO5/c1-3-14(23-15-7-5-4-6-12(15)2)17(21)18-8-9-22-11-13(18)10-16(19)20/h4-7,13-14H,3,8-11H2,1-2H3,(H,19,20). The maximum absolute atomic E-state index is 12.8. The van der Waals surface area contributed by atoms with E-state index < -0.39 is 18.1 Å². The highest BCUT2D eigenvalue weighted by Gasteiger charge is 2.33. The van der Waals surface area contributed by atoms with E-state index in [1.165, 1.54) is 0 Å². The second-order valence-electron chi connectivity index (χ2n) is 5.64. The Morgan fingerprint density at radius 3 is 2.83 bits per heavy atom. The molecule has 2 atom stereocenters. The summed E-state index contributed by atoms with van der Waals surface area (Å²) < 4.78 is 11.2. The zero-order valence-electron chi connectivity index (χ0n) is 13.5. The van der Waals surface area contributed by atoms with E-state index >= 15 is 0 Å². The summed E-state index contributed by atoms with van der Waals surface area (Å²) in [5.74, 6) is -0.438. The van der Waals surface area contributed by atoms with Crippen LogP contribution in [0.2, 0.25) is 0 Å². The molecule has 6 nitrogen and oxygen atoms in total. The number of nitrogens with zero attached hydrogens (tertiary/aromatic N) is 1. The minimum Gasteiger partial charge on any atom is -0.481 e. The van der Waals surface area contributed by atoms with Crippen LogP contribution in [0.3, 0.4) is 0 Å². The smallest absolute Gasteiger partial charge is 0.305 e. The molecule has 0 aliphatic carbocycles. The number of amides is 1. The number of carboxylic acid groups (broad SMARTS) is 1. The van der Waals surface area contributed by atoms with Crippen molar-refractivity contribution in [1.29, 1.82) is 0 Å². The summed E-state index contributed by atoms with van der Waals surface area (Å²) in [6.07, 6.45) is -0.220. The predicted octanol–water partition coefficient (Wildman–Crippen LogP) is 1.85. The lowest BCUT2D eigenvalue weighted by Crippen LogP contribution is -2.53. The van der Waals surface area contributed by atoms with Crippen molar-refractivity contribution in [3.8, 4) is 5.75 Å². The van der Waals surface area contributed by atoms with E-state index in [4.69, 9.17) is 14.6 Å². The van der Waals surface area contributed by atoms with Crippen LogP contribution >= 0.6 is 0 Å². The minimum atomic E-state index is -0.939. The summed E-state index contributed by atoms with van der Waals surface area (Å²) in [7, 11) is 0. The third-order valence-electron chi connectivity index (χ3n) is 3.93. The monoisotopic (exact) mass is 321 g/mol. The van der Waals surface area contributed by atoms with Gasteiger partial charge in [0.15, 0.2) is 6.10 Å². The Kier molecular flexibility index (Phi) is 5.98. The molecule has 0 bridgehead atoms. The Bertz CT molecular complexity index is 560. The van der Waals surface area contributed by atoms with E-state index in [1.54, 1.807) is 4.90 Å². The first-order valence-electron chi connectivity index (χ1n) is 7.85. The van der Waals surface area contributed by atoms with Gasteiger partial charge in [0.25, 0.3) is 5.91 Å². The van der Waals surface area contributed by atoms with Crippen LogP contribution in [-0.2, 0) is 14.3 Å². The summed E-state index contributed by atoms with van der Waals surface area (Å²) >= 11 is 0. The first-order chi connectivity index (χ1) is 11.0. The second kappa shape index (κ2) is 7.97. The minimum absolute atomic E-state index is 0.119. The Hall–Kier alpha value is -2.08. The number of aryl methyl sites for hydroxylation is 1. The van der Waals surface area contributed by atoms with Gasteiger partial charge < -0.3 is 19.5 Å². The molecule has 0 aromatic heterocycles. The lowest BCUT2D eigenvalue weighted by atomic mass is 10.1. The molecule has 6 heteroatoms. The Morgan fingerprint density at radius 1 is 1.43 bits per heavy atom. The SMILES string of the molecule is CCC(Oc1ccccc1C)C(=O)N1CCOCC1CC(=O)O. The molecule has 1 N–H and O–H groups in total. The molecule has 1 saturated heterocycles. The normalized spacial score (nSPS) is 19.2. The van der Waals surface area contributed by atoms with Gasteiger partial charge in [-0.15, -0.1) is 0 Å². The van der Waals surface area contributed by atoms with Crippen LogP contribution in [0.25, 0.3) is 0 Å². The van der Waals surface area contributed by atoms with Crippen LogP contribution in [0.15, 0.2) is 24.3 Å². The van der Waals surface area contributed by atoms with Gasteiger partial charge in [0, 0.05) is 6.54 Å². The molecule has 1 amide bonds.